The maximum atomic E-state index is 11.3. The van der Waals surface area contributed by atoms with E-state index >= 15 is 0 Å². The van der Waals surface area contributed by atoms with E-state index in [1.165, 1.54) is 0 Å². The van der Waals surface area contributed by atoms with Gasteiger partial charge in [-0.3, -0.25) is 9.11 Å². The minimum atomic E-state index is -0.605. The molecule has 1 heterocycles. The Morgan fingerprint density at radius 3 is 2.92 bits per heavy atom. The van der Waals surface area contributed by atoms with Crippen LogP contribution in [0, 0.1) is 0 Å². The van der Waals surface area contributed by atoms with Crippen molar-refractivity contribution in [1.29, 1.82) is 0 Å². The van der Waals surface area contributed by atoms with Gasteiger partial charge in [0.15, 0.2) is 0 Å². The van der Waals surface area contributed by atoms with Crippen LogP contribution in [0.5, 0.6) is 0 Å². The van der Waals surface area contributed by atoms with Crippen LogP contribution in [-0.4, -0.2) is 53.0 Å². The van der Waals surface area contributed by atoms with Crippen LogP contribution in [0.15, 0.2) is 0 Å². The molecule has 1 aliphatic heterocycles. The summed E-state index contributed by atoms with van der Waals surface area (Å²) < 4.78 is 16.5. The molecule has 0 spiro atoms. The lowest BCUT2D eigenvalue weighted by Gasteiger charge is -2.31. The average Bonchev–Trinajstić information content (AvgIpc) is 2.11. The summed E-state index contributed by atoms with van der Waals surface area (Å²) in [7, 11) is 1.13. The molecule has 0 amide bonds. The zero-order chi connectivity index (χ0) is 9.84. The Balaban J connectivity index is 2.33. The van der Waals surface area contributed by atoms with E-state index in [0.29, 0.717) is 5.25 Å². The largest absolute Gasteiger partial charge is 0.380 e. The van der Waals surface area contributed by atoms with E-state index in [1.807, 2.05) is 0 Å². The van der Waals surface area contributed by atoms with Crippen molar-refractivity contribution < 1.29 is 8.95 Å². The van der Waals surface area contributed by atoms with Gasteiger partial charge in [0.05, 0.1) is 6.10 Å². The highest BCUT2D eigenvalue weighted by molar-refractivity contribution is 7.85. The van der Waals surface area contributed by atoms with Crippen molar-refractivity contribution in [2.24, 2.45) is 0 Å². The van der Waals surface area contributed by atoms with Crippen LogP contribution >= 0.6 is 0 Å². The third-order valence-corrected chi connectivity index (χ3v) is 4.12. The van der Waals surface area contributed by atoms with Gasteiger partial charge in [-0.25, -0.2) is 0 Å². The fourth-order valence-electron chi connectivity index (χ4n) is 1.56. The van der Waals surface area contributed by atoms with Gasteiger partial charge in [0.2, 0.25) is 0 Å². The monoisotopic (exact) mass is 205 g/mol. The van der Waals surface area contributed by atoms with Crippen molar-refractivity contribution in [3.05, 3.63) is 0 Å². The Bertz CT molecular complexity index is 186. The second-order valence-electron chi connectivity index (χ2n) is 3.70. The Morgan fingerprint density at radius 1 is 1.69 bits per heavy atom. The second-order valence-corrected chi connectivity index (χ2v) is 5.68. The Morgan fingerprint density at radius 2 is 2.38 bits per heavy atom. The van der Waals surface area contributed by atoms with Crippen molar-refractivity contribution in [1.82, 2.24) is 4.90 Å². The molecule has 0 bridgehead atoms. The predicted molar refractivity (Wildman–Crippen MR) is 55.4 cm³/mol. The molecule has 0 aromatic carbocycles. The minimum absolute atomic E-state index is 0.277. The molecule has 3 nitrogen and oxygen atoms in total. The van der Waals surface area contributed by atoms with E-state index in [1.54, 1.807) is 7.11 Å². The van der Waals surface area contributed by atoms with Gasteiger partial charge < -0.3 is 4.74 Å². The van der Waals surface area contributed by atoms with Crippen molar-refractivity contribution in [3.8, 4) is 0 Å². The van der Waals surface area contributed by atoms with E-state index in [9.17, 15) is 4.21 Å². The molecule has 3 atom stereocenters. The van der Waals surface area contributed by atoms with E-state index < -0.39 is 10.8 Å². The predicted octanol–water partition coefficient (Wildman–Crippen LogP) is 0.474. The van der Waals surface area contributed by atoms with Gasteiger partial charge in [-0.2, -0.15) is 0 Å². The van der Waals surface area contributed by atoms with Gasteiger partial charge in [-0.05, 0) is 13.8 Å². The first-order valence-electron chi connectivity index (χ1n) is 4.75. The summed E-state index contributed by atoms with van der Waals surface area (Å²) in [6, 6.07) is 0. The van der Waals surface area contributed by atoms with Crippen LogP contribution in [0.25, 0.3) is 0 Å². The lowest BCUT2D eigenvalue weighted by atomic mass is 10.3. The molecule has 1 fully saturated rings. The highest BCUT2D eigenvalue weighted by Crippen LogP contribution is 2.08. The molecular formula is C9H19NO2S. The zero-order valence-electron chi connectivity index (χ0n) is 8.66. The maximum absolute atomic E-state index is 11.3. The first-order chi connectivity index (χ1) is 6.13. The van der Waals surface area contributed by atoms with Gasteiger partial charge in [0, 0.05) is 48.5 Å². The van der Waals surface area contributed by atoms with Gasteiger partial charge in [-0.15, -0.1) is 0 Å². The average molecular weight is 205 g/mol. The molecule has 3 unspecified atom stereocenters. The van der Waals surface area contributed by atoms with Crippen LogP contribution in [0.1, 0.15) is 13.8 Å². The number of rotatable bonds is 3. The summed E-state index contributed by atoms with van der Waals surface area (Å²) in [5.41, 5.74) is 0. The van der Waals surface area contributed by atoms with Crippen LogP contribution in [0.2, 0.25) is 0 Å². The molecule has 1 saturated heterocycles. The number of nitrogens with zero attached hydrogens (tertiary/aromatic N) is 1. The highest BCUT2D eigenvalue weighted by Gasteiger charge is 2.22. The summed E-state index contributed by atoms with van der Waals surface area (Å²) >= 11 is 0. The first-order valence-corrected chi connectivity index (χ1v) is 6.14. The van der Waals surface area contributed by atoms with E-state index in [4.69, 9.17) is 4.74 Å². The van der Waals surface area contributed by atoms with Gasteiger partial charge in [0.25, 0.3) is 0 Å². The summed E-state index contributed by atoms with van der Waals surface area (Å²) in [5.74, 6) is 0.817. The molecule has 0 saturated carbocycles. The van der Waals surface area contributed by atoms with Crippen LogP contribution in [-0.2, 0) is 15.5 Å². The standard InChI is InChI=1S/C9H19NO2S/c1-8(12-3)6-10-4-5-13(11)9(2)7-10/h8-9H,4-7H2,1-3H3. The van der Waals surface area contributed by atoms with Crippen molar-refractivity contribution in [3.63, 3.8) is 0 Å². The SMILES string of the molecule is COC(C)CN1CCS(=O)C(C)C1. The molecule has 1 rings (SSSR count). The summed E-state index contributed by atoms with van der Waals surface area (Å²) in [6.45, 7) is 6.97. The zero-order valence-corrected chi connectivity index (χ0v) is 9.47. The third-order valence-electron chi connectivity index (χ3n) is 2.49. The maximum Gasteiger partial charge on any atom is 0.0670 e. The van der Waals surface area contributed by atoms with E-state index in [0.717, 1.165) is 25.4 Å². The summed E-state index contributed by atoms with van der Waals surface area (Å²) in [6.07, 6.45) is 0.277. The number of hydrogen-bond donors (Lipinski definition) is 0. The lowest BCUT2D eigenvalue weighted by Crippen LogP contribution is -2.45. The molecule has 78 valence electrons. The molecule has 1 aliphatic rings. The minimum Gasteiger partial charge on any atom is -0.380 e. The molecule has 13 heavy (non-hydrogen) atoms. The molecule has 0 N–H and O–H groups in total. The van der Waals surface area contributed by atoms with Crippen molar-refractivity contribution >= 4 is 10.8 Å². The molecule has 0 radical (unpaired) electrons. The molecule has 0 aliphatic carbocycles. The number of hydrogen-bond acceptors (Lipinski definition) is 3. The molecular weight excluding hydrogens is 186 g/mol. The Hall–Kier alpha value is 0.0700. The van der Waals surface area contributed by atoms with Crippen LogP contribution in [0.3, 0.4) is 0 Å². The lowest BCUT2D eigenvalue weighted by molar-refractivity contribution is 0.0782. The number of methoxy groups -OCH3 is 1. The molecule has 0 aromatic heterocycles. The topological polar surface area (TPSA) is 29.5 Å². The highest BCUT2D eigenvalue weighted by atomic mass is 32.2. The molecule has 0 aromatic rings. The second kappa shape index (κ2) is 5.08. The fraction of sp³-hybridized carbons (Fsp3) is 1.00. The normalized spacial score (nSPS) is 33.2. The third kappa shape index (κ3) is 3.37. The molecule has 4 heteroatoms. The quantitative estimate of drug-likeness (QED) is 0.671. The number of ether oxygens (including phenoxy) is 1. The van der Waals surface area contributed by atoms with Crippen molar-refractivity contribution in [2.75, 3.05) is 32.5 Å². The summed E-state index contributed by atoms with van der Waals surface area (Å²) in [5, 5.41) is 0.317. The van der Waals surface area contributed by atoms with Gasteiger partial charge >= 0.3 is 0 Å². The van der Waals surface area contributed by atoms with Crippen LogP contribution in [0.4, 0.5) is 0 Å². The first kappa shape index (κ1) is 11.1. The Kier molecular flexibility index (Phi) is 4.35. The fourth-order valence-corrected chi connectivity index (χ4v) is 2.78. The van der Waals surface area contributed by atoms with Crippen LogP contribution < -0.4 is 0 Å². The smallest absolute Gasteiger partial charge is 0.0670 e. The summed E-state index contributed by atoms with van der Waals surface area (Å²) in [4.78, 5) is 2.33. The van der Waals surface area contributed by atoms with Crippen molar-refractivity contribution in [2.45, 2.75) is 25.2 Å². The van der Waals surface area contributed by atoms with E-state index in [2.05, 4.69) is 18.7 Å². The van der Waals surface area contributed by atoms with Gasteiger partial charge in [0.1, 0.15) is 0 Å². The van der Waals surface area contributed by atoms with Gasteiger partial charge in [-0.1, -0.05) is 0 Å². The van der Waals surface area contributed by atoms with E-state index in [-0.39, 0.29) is 6.10 Å². The Labute approximate surface area is 82.9 Å².